The minimum absolute atomic E-state index is 0.0357. The molecular weight excluding hydrogens is 308 g/mol. The summed E-state index contributed by atoms with van der Waals surface area (Å²) in [4.78, 5) is 26.1. The second-order valence-corrected chi connectivity index (χ2v) is 6.18. The Balaban J connectivity index is 2.01. The molecule has 0 aliphatic heterocycles. The number of carbonyl (C=O) groups excluding carboxylic acids is 2. The zero-order chi connectivity index (χ0) is 17.1. The largest absolute Gasteiger partial charge is 0.451 e. The number of amides is 2. The minimum Gasteiger partial charge on any atom is -0.451 e. The van der Waals surface area contributed by atoms with E-state index in [0.29, 0.717) is 11.1 Å². The number of benzene rings is 1. The Kier molecular flexibility index (Phi) is 4.85. The fraction of sp³-hybridized carbons (Fsp3) is 0.444. The third-order valence-corrected chi connectivity index (χ3v) is 4.53. The topological polar surface area (TPSA) is 85.8 Å². The molecule has 0 bridgehead atoms. The van der Waals surface area contributed by atoms with Crippen molar-refractivity contribution in [3.8, 4) is 0 Å². The number of para-hydroxylation sites is 1. The standard InChI is InChI=1S/C18H22N2O4/c1-23-11-14-13-8-4-5-9-15(13)24-17(14)18(22)20(10-16(19)21)12-6-2-3-7-12/h4-5,8-9,12H,2-3,6-7,10-11H2,1H3,(H2,19,21). The number of ether oxygens (including phenoxy) is 1. The van der Waals surface area contributed by atoms with Crippen molar-refractivity contribution in [2.24, 2.45) is 5.73 Å². The number of rotatable bonds is 6. The van der Waals surface area contributed by atoms with Gasteiger partial charge in [-0.05, 0) is 18.9 Å². The van der Waals surface area contributed by atoms with E-state index in [9.17, 15) is 9.59 Å². The number of nitrogens with two attached hydrogens (primary N) is 1. The van der Waals surface area contributed by atoms with Crippen molar-refractivity contribution in [2.75, 3.05) is 13.7 Å². The van der Waals surface area contributed by atoms with Crippen molar-refractivity contribution in [1.29, 1.82) is 0 Å². The first-order valence-corrected chi connectivity index (χ1v) is 8.20. The summed E-state index contributed by atoms with van der Waals surface area (Å²) in [6.45, 7) is 0.181. The Bertz CT molecular complexity index is 747. The number of fused-ring (bicyclic) bond motifs is 1. The molecule has 0 saturated heterocycles. The number of hydrogen-bond donors (Lipinski definition) is 1. The number of nitrogens with zero attached hydrogens (tertiary/aromatic N) is 1. The van der Waals surface area contributed by atoms with Crippen LogP contribution in [-0.2, 0) is 16.1 Å². The molecule has 2 N–H and O–H groups in total. The van der Waals surface area contributed by atoms with Crippen LogP contribution in [0, 0.1) is 0 Å². The molecule has 2 aromatic rings. The SMILES string of the molecule is COCc1c(C(=O)N(CC(N)=O)C2CCCC2)oc2ccccc12. The average Bonchev–Trinajstić information content (AvgIpc) is 3.21. The van der Waals surface area contributed by atoms with Crippen molar-refractivity contribution in [2.45, 2.75) is 38.3 Å². The number of carbonyl (C=O) groups is 2. The molecule has 0 radical (unpaired) electrons. The lowest BCUT2D eigenvalue weighted by Gasteiger charge is -2.27. The van der Waals surface area contributed by atoms with Gasteiger partial charge in [-0.15, -0.1) is 0 Å². The van der Waals surface area contributed by atoms with Crippen molar-refractivity contribution in [1.82, 2.24) is 4.90 Å². The maximum atomic E-state index is 13.1. The van der Waals surface area contributed by atoms with Crippen LogP contribution in [0.1, 0.15) is 41.8 Å². The van der Waals surface area contributed by atoms with Crippen molar-refractivity contribution in [3.05, 3.63) is 35.6 Å². The molecule has 1 aliphatic rings. The number of hydrogen-bond acceptors (Lipinski definition) is 4. The van der Waals surface area contributed by atoms with Gasteiger partial charge in [0.05, 0.1) is 6.61 Å². The van der Waals surface area contributed by atoms with Crippen LogP contribution in [0.25, 0.3) is 11.0 Å². The van der Waals surface area contributed by atoms with Crippen LogP contribution in [0.15, 0.2) is 28.7 Å². The van der Waals surface area contributed by atoms with E-state index >= 15 is 0 Å². The molecule has 0 atom stereocenters. The van der Waals surface area contributed by atoms with E-state index in [1.54, 1.807) is 12.0 Å². The fourth-order valence-electron chi connectivity index (χ4n) is 3.44. The summed E-state index contributed by atoms with van der Waals surface area (Å²) in [5.74, 6) is -0.560. The highest BCUT2D eigenvalue weighted by molar-refractivity contribution is 6.00. The summed E-state index contributed by atoms with van der Waals surface area (Å²) in [6, 6.07) is 7.50. The van der Waals surface area contributed by atoms with E-state index in [2.05, 4.69) is 0 Å². The second kappa shape index (κ2) is 7.05. The van der Waals surface area contributed by atoms with Crippen molar-refractivity contribution < 1.29 is 18.7 Å². The summed E-state index contributed by atoms with van der Waals surface area (Å²) in [5.41, 5.74) is 6.71. The first-order valence-electron chi connectivity index (χ1n) is 8.20. The molecule has 6 heteroatoms. The summed E-state index contributed by atoms with van der Waals surface area (Å²) < 4.78 is 11.1. The van der Waals surface area contributed by atoms with Gasteiger partial charge >= 0.3 is 0 Å². The van der Waals surface area contributed by atoms with Gasteiger partial charge in [0.15, 0.2) is 5.76 Å². The summed E-state index contributed by atoms with van der Waals surface area (Å²) in [7, 11) is 1.58. The van der Waals surface area contributed by atoms with Crippen LogP contribution in [0.3, 0.4) is 0 Å². The van der Waals surface area contributed by atoms with Gasteiger partial charge in [0.25, 0.3) is 5.91 Å². The van der Waals surface area contributed by atoms with Gasteiger partial charge in [0.2, 0.25) is 5.91 Å². The Hall–Kier alpha value is -2.34. The molecule has 1 aromatic carbocycles. The molecule has 1 aliphatic carbocycles. The summed E-state index contributed by atoms with van der Waals surface area (Å²) in [5, 5.41) is 0.855. The fourth-order valence-corrected chi connectivity index (χ4v) is 3.44. The van der Waals surface area contributed by atoms with E-state index in [4.69, 9.17) is 14.9 Å². The molecular formula is C18H22N2O4. The average molecular weight is 330 g/mol. The van der Waals surface area contributed by atoms with E-state index in [-0.39, 0.29) is 30.9 Å². The molecule has 24 heavy (non-hydrogen) atoms. The smallest absolute Gasteiger partial charge is 0.290 e. The van der Waals surface area contributed by atoms with Gasteiger partial charge in [0, 0.05) is 24.1 Å². The van der Waals surface area contributed by atoms with E-state index in [0.717, 1.165) is 31.1 Å². The molecule has 0 unspecified atom stereocenters. The third kappa shape index (κ3) is 3.14. The molecule has 1 saturated carbocycles. The van der Waals surface area contributed by atoms with Crippen LogP contribution >= 0.6 is 0 Å². The Morgan fingerprint density at radius 1 is 1.29 bits per heavy atom. The van der Waals surface area contributed by atoms with Crippen LogP contribution in [0.2, 0.25) is 0 Å². The van der Waals surface area contributed by atoms with Crippen LogP contribution in [0.4, 0.5) is 0 Å². The zero-order valence-corrected chi connectivity index (χ0v) is 13.8. The first kappa shape index (κ1) is 16.5. The summed E-state index contributed by atoms with van der Waals surface area (Å²) in [6.07, 6.45) is 3.88. The first-order chi connectivity index (χ1) is 11.6. The van der Waals surface area contributed by atoms with Crippen LogP contribution in [0.5, 0.6) is 0 Å². The highest BCUT2D eigenvalue weighted by Crippen LogP contribution is 2.30. The molecule has 1 fully saturated rings. The van der Waals surface area contributed by atoms with E-state index < -0.39 is 5.91 Å². The second-order valence-electron chi connectivity index (χ2n) is 6.18. The van der Waals surface area contributed by atoms with Crippen LogP contribution in [-0.4, -0.2) is 36.4 Å². The Morgan fingerprint density at radius 3 is 2.67 bits per heavy atom. The quantitative estimate of drug-likeness (QED) is 0.881. The molecule has 1 heterocycles. The van der Waals surface area contributed by atoms with Gasteiger partial charge in [0.1, 0.15) is 12.1 Å². The number of methoxy groups -OCH3 is 1. The number of furan rings is 1. The zero-order valence-electron chi connectivity index (χ0n) is 13.8. The molecule has 0 spiro atoms. The number of primary amides is 1. The monoisotopic (exact) mass is 330 g/mol. The lowest BCUT2D eigenvalue weighted by molar-refractivity contribution is -0.119. The predicted molar refractivity (Wildman–Crippen MR) is 89.4 cm³/mol. The maximum Gasteiger partial charge on any atom is 0.290 e. The van der Waals surface area contributed by atoms with Gasteiger partial charge in [-0.25, -0.2) is 0 Å². The van der Waals surface area contributed by atoms with Gasteiger partial charge in [-0.2, -0.15) is 0 Å². The normalized spacial score (nSPS) is 15.0. The van der Waals surface area contributed by atoms with Crippen molar-refractivity contribution >= 4 is 22.8 Å². The van der Waals surface area contributed by atoms with Gasteiger partial charge in [-0.3, -0.25) is 9.59 Å². The third-order valence-electron chi connectivity index (χ3n) is 4.53. The van der Waals surface area contributed by atoms with Crippen molar-refractivity contribution in [3.63, 3.8) is 0 Å². The van der Waals surface area contributed by atoms with Crippen LogP contribution < -0.4 is 5.73 Å². The van der Waals surface area contributed by atoms with Gasteiger partial charge < -0.3 is 19.8 Å². The molecule has 1 aromatic heterocycles. The van der Waals surface area contributed by atoms with Gasteiger partial charge in [-0.1, -0.05) is 31.0 Å². The Labute approximate surface area is 140 Å². The molecule has 6 nitrogen and oxygen atoms in total. The highest BCUT2D eigenvalue weighted by Gasteiger charge is 2.32. The summed E-state index contributed by atoms with van der Waals surface area (Å²) >= 11 is 0. The predicted octanol–water partition coefficient (Wildman–Crippen LogP) is 2.45. The highest BCUT2D eigenvalue weighted by atomic mass is 16.5. The molecule has 2 amide bonds. The minimum atomic E-state index is -0.514. The Morgan fingerprint density at radius 2 is 2.00 bits per heavy atom. The lowest BCUT2D eigenvalue weighted by atomic mass is 10.1. The molecule has 3 rings (SSSR count). The lowest BCUT2D eigenvalue weighted by Crippen LogP contribution is -2.44. The maximum absolute atomic E-state index is 13.1. The van der Waals surface area contributed by atoms with E-state index in [1.165, 1.54) is 0 Å². The van der Waals surface area contributed by atoms with E-state index in [1.807, 2.05) is 24.3 Å². The molecule has 128 valence electrons.